The lowest BCUT2D eigenvalue weighted by molar-refractivity contribution is 1.13. The van der Waals surface area contributed by atoms with Gasteiger partial charge in [0.2, 0.25) is 0 Å². The van der Waals surface area contributed by atoms with Crippen molar-refractivity contribution in [2.24, 2.45) is 0 Å². The molecular weight excluding hydrogens is 323 g/mol. The molecule has 17 heavy (non-hydrogen) atoms. The van der Waals surface area contributed by atoms with E-state index in [0.717, 1.165) is 15.9 Å². The standard InChI is InChI=1S/C12H9BrCl2N2/c13-12-2-1-11(7-17-12)16-6-8-3-9(14)5-10(15)4-8/h1-5,7,16H,6H2. The van der Waals surface area contributed by atoms with Crippen LogP contribution in [0.15, 0.2) is 41.1 Å². The van der Waals surface area contributed by atoms with Crippen LogP contribution in [-0.4, -0.2) is 4.98 Å². The molecule has 0 radical (unpaired) electrons. The first-order valence-corrected chi connectivity index (χ1v) is 6.49. The minimum Gasteiger partial charge on any atom is -0.380 e. The van der Waals surface area contributed by atoms with E-state index in [1.807, 2.05) is 24.3 Å². The molecule has 2 nitrogen and oxygen atoms in total. The summed E-state index contributed by atoms with van der Waals surface area (Å²) in [6.07, 6.45) is 1.76. The van der Waals surface area contributed by atoms with Crippen LogP contribution in [0.3, 0.4) is 0 Å². The summed E-state index contributed by atoms with van der Waals surface area (Å²) in [7, 11) is 0. The fourth-order valence-electron chi connectivity index (χ4n) is 1.40. The van der Waals surface area contributed by atoms with E-state index in [4.69, 9.17) is 23.2 Å². The first kappa shape index (κ1) is 12.7. The van der Waals surface area contributed by atoms with Gasteiger partial charge in [-0.25, -0.2) is 4.98 Å². The van der Waals surface area contributed by atoms with Crippen LogP contribution in [0.25, 0.3) is 0 Å². The third-order valence-electron chi connectivity index (χ3n) is 2.15. The van der Waals surface area contributed by atoms with Gasteiger partial charge in [-0.1, -0.05) is 23.2 Å². The molecule has 1 aromatic heterocycles. The Hall–Kier alpha value is -0.770. The Labute approximate surface area is 118 Å². The second-order valence-electron chi connectivity index (χ2n) is 3.50. The molecule has 2 rings (SSSR count). The van der Waals surface area contributed by atoms with Crippen molar-refractivity contribution in [2.75, 3.05) is 5.32 Å². The molecule has 88 valence electrons. The molecule has 5 heteroatoms. The van der Waals surface area contributed by atoms with Gasteiger partial charge in [-0.05, 0) is 51.8 Å². The Kier molecular flexibility index (Phi) is 4.26. The second kappa shape index (κ2) is 5.71. The summed E-state index contributed by atoms with van der Waals surface area (Å²) >= 11 is 15.1. The Morgan fingerprint density at radius 2 is 1.82 bits per heavy atom. The highest BCUT2D eigenvalue weighted by atomic mass is 79.9. The topological polar surface area (TPSA) is 24.9 Å². The molecule has 2 aromatic rings. The molecule has 1 N–H and O–H groups in total. The van der Waals surface area contributed by atoms with Crippen LogP contribution in [-0.2, 0) is 6.54 Å². The van der Waals surface area contributed by atoms with Gasteiger partial charge < -0.3 is 5.32 Å². The molecule has 0 spiro atoms. The molecule has 0 aliphatic carbocycles. The minimum absolute atomic E-state index is 0.642. The van der Waals surface area contributed by atoms with Crippen molar-refractivity contribution >= 4 is 44.8 Å². The Morgan fingerprint density at radius 3 is 2.41 bits per heavy atom. The largest absolute Gasteiger partial charge is 0.380 e. The van der Waals surface area contributed by atoms with E-state index in [-0.39, 0.29) is 0 Å². The second-order valence-corrected chi connectivity index (χ2v) is 5.19. The summed E-state index contributed by atoms with van der Waals surface area (Å²) in [5.41, 5.74) is 1.98. The van der Waals surface area contributed by atoms with E-state index in [1.165, 1.54) is 0 Å². The summed E-state index contributed by atoms with van der Waals surface area (Å²) in [5, 5.41) is 4.53. The lowest BCUT2D eigenvalue weighted by Gasteiger charge is -2.07. The highest BCUT2D eigenvalue weighted by molar-refractivity contribution is 9.10. The first-order chi connectivity index (χ1) is 8.13. The average Bonchev–Trinajstić information content (AvgIpc) is 2.27. The Morgan fingerprint density at radius 1 is 1.12 bits per heavy atom. The summed E-state index contributed by atoms with van der Waals surface area (Å²) in [4.78, 5) is 4.13. The fraction of sp³-hybridized carbons (Fsp3) is 0.0833. The van der Waals surface area contributed by atoms with Gasteiger partial charge in [-0.3, -0.25) is 0 Å². The first-order valence-electron chi connectivity index (χ1n) is 4.94. The number of nitrogens with one attached hydrogen (secondary N) is 1. The summed E-state index contributed by atoms with van der Waals surface area (Å²) in [6.45, 7) is 0.656. The summed E-state index contributed by atoms with van der Waals surface area (Å²) in [6, 6.07) is 9.31. The van der Waals surface area contributed by atoms with E-state index in [9.17, 15) is 0 Å². The molecule has 0 fully saturated rings. The van der Waals surface area contributed by atoms with Crippen LogP contribution in [0, 0.1) is 0 Å². The number of hydrogen-bond donors (Lipinski definition) is 1. The van der Waals surface area contributed by atoms with E-state index in [0.29, 0.717) is 16.6 Å². The Bertz CT molecular complexity index is 494. The zero-order valence-electron chi connectivity index (χ0n) is 8.75. The molecule has 0 aliphatic heterocycles. The van der Waals surface area contributed by atoms with Crippen molar-refractivity contribution in [3.05, 3.63) is 56.7 Å². The van der Waals surface area contributed by atoms with Crippen molar-refractivity contribution in [1.82, 2.24) is 4.98 Å². The average molecular weight is 332 g/mol. The zero-order chi connectivity index (χ0) is 12.3. The molecule has 0 atom stereocenters. The van der Waals surface area contributed by atoms with E-state index >= 15 is 0 Å². The molecule has 0 saturated heterocycles. The van der Waals surface area contributed by atoms with Crippen molar-refractivity contribution in [1.29, 1.82) is 0 Å². The smallest absolute Gasteiger partial charge is 0.106 e. The van der Waals surface area contributed by atoms with Crippen LogP contribution in [0.2, 0.25) is 10.0 Å². The number of halogens is 3. The molecule has 0 bridgehead atoms. The molecular formula is C12H9BrCl2N2. The number of anilines is 1. The number of nitrogens with zero attached hydrogens (tertiary/aromatic N) is 1. The predicted molar refractivity (Wildman–Crippen MR) is 75.7 cm³/mol. The maximum Gasteiger partial charge on any atom is 0.106 e. The van der Waals surface area contributed by atoms with Gasteiger partial charge in [0.05, 0.1) is 11.9 Å². The number of pyridine rings is 1. The van der Waals surface area contributed by atoms with Crippen molar-refractivity contribution in [3.8, 4) is 0 Å². The maximum absolute atomic E-state index is 5.92. The zero-order valence-corrected chi connectivity index (χ0v) is 11.9. The van der Waals surface area contributed by atoms with Gasteiger partial charge in [-0.15, -0.1) is 0 Å². The van der Waals surface area contributed by atoms with Crippen LogP contribution in [0.1, 0.15) is 5.56 Å². The van der Waals surface area contributed by atoms with Gasteiger partial charge in [0, 0.05) is 16.6 Å². The SMILES string of the molecule is Clc1cc(Cl)cc(CNc2ccc(Br)nc2)c1. The van der Waals surface area contributed by atoms with Gasteiger partial charge in [0.1, 0.15) is 4.60 Å². The summed E-state index contributed by atoms with van der Waals surface area (Å²) < 4.78 is 0.814. The number of rotatable bonds is 3. The number of benzene rings is 1. The summed E-state index contributed by atoms with van der Waals surface area (Å²) in [5.74, 6) is 0. The van der Waals surface area contributed by atoms with Crippen molar-refractivity contribution < 1.29 is 0 Å². The van der Waals surface area contributed by atoms with Gasteiger partial charge >= 0.3 is 0 Å². The Balaban J connectivity index is 2.04. The normalized spacial score (nSPS) is 10.3. The predicted octanol–water partition coefficient (Wildman–Crippen LogP) is 4.76. The van der Waals surface area contributed by atoms with Crippen molar-refractivity contribution in [3.63, 3.8) is 0 Å². The van der Waals surface area contributed by atoms with Crippen molar-refractivity contribution in [2.45, 2.75) is 6.54 Å². The number of hydrogen-bond acceptors (Lipinski definition) is 2. The van der Waals surface area contributed by atoms with E-state index in [2.05, 4.69) is 26.2 Å². The highest BCUT2D eigenvalue weighted by Gasteiger charge is 1.99. The number of aromatic nitrogens is 1. The highest BCUT2D eigenvalue weighted by Crippen LogP contribution is 2.20. The van der Waals surface area contributed by atoms with Crippen LogP contribution in [0.4, 0.5) is 5.69 Å². The molecule has 0 amide bonds. The van der Waals surface area contributed by atoms with Crippen LogP contribution in [0.5, 0.6) is 0 Å². The fourth-order valence-corrected chi connectivity index (χ4v) is 2.20. The lowest BCUT2D eigenvalue weighted by Crippen LogP contribution is -1.99. The third-order valence-corrected chi connectivity index (χ3v) is 3.05. The van der Waals surface area contributed by atoms with E-state index in [1.54, 1.807) is 12.3 Å². The monoisotopic (exact) mass is 330 g/mol. The molecule has 0 aliphatic rings. The van der Waals surface area contributed by atoms with Crippen LogP contribution < -0.4 is 5.32 Å². The third kappa shape index (κ3) is 3.87. The minimum atomic E-state index is 0.642. The molecule has 0 unspecified atom stereocenters. The molecule has 1 heterocycles. The lowest BCUT2D eigenvalue weighted by atomic mass is 10.2. The van der Waals surface area contributed by atoms with E-state index < -0.39 is 0 Å². The quantitative estimate of drug-likeness (QED) is 0.820. The molecule has 1 aromatic carbocycles. The maximum atomic E-state index is 5.92. The van der Waals surface area contributed by atoms with Gasteiger partial charge in [0.15, 0.2) is 0 Å². The van der Waals surface area contributed by atoms with Crippen LogP contribution >= 0.6 is 39.1 Å². The van der Waals surface area contributed by atoms with Gasteiger partial charge in [-0.2, -0.15) is 0 Å². The molecule has 0 saturated carbocycles. The van der Waals surface area contributed by atoms with Gasteiger partial charge in [0.25, 0.3) is 0 Å².